The Morgan fingerprint density at radius 1 is 1.46 bits per heavy atom. The predicted octanol–water partition coefficient (Wildman–Crippen LogP) is 2.27. The minimum Gasteiger partial charge on any atom is -0.476 e. The van der Waals surface area contributed by atoms with Crippen molar-refractivity contribution in [2.24, 2.45) is 5.10 Å². The predicted molar refractivity (Wildman–Crippen MR) is 96.7 cm³/mol. The van der Waals surface area contributed by atoms with Crippen LogP contribution in [0.2, 0.25) is 0 Å². The summed E-state index contributed by atoms with van der Waals surface area (Å²) in [6.45, 7) is 2.08. The molecule has 2 heterocycles. The van der Waals surface area contributed by atoms with Crippen molar-refractivity contribution in [1.29, 1.82) is 0 Å². The number of nitrogens with one attached hydrogen (secondary N) is 2. The lowest BCUT2D eigenvalue weighted by molar-refractivity contribution is -0.142. The fraction of sp³-hybridized carbons (Fsp3) is 0.188. The summed E-state index contributed by atoms with van der Waals surface area (Å²) in [5, 5.41) is 22.5. The van der Waals surface area contributed by atoms with Crippen molar-refractivity contribution < 1.29 is 19.4 Å². The molecule has 0 radical (unpaired) electrons. The summed E-state index contributed by atoms with van der Waals surface area (Å²) in [7, 11) is 0. The van der Waals surface area contributed by atoms with Gasteiger partial charge in [-0.1, -0.05) is 12.1 Å². The number of benzene rings is 1. The quantitative estimate of drug-likeness (QED) is 0.329. The first-order valence-electron chi connectivity index (χ1n) is 7.68. The molecule has 2 aromatic heterocycles. The van der Waals surface area contributed by atoms with E-state index < -0.39 is 5.97 Å². The Morgan fingerprint density at radius 3 is 3.08 bits per heavy atom. The zero-order valence-electron chi connectivity index (χ0n) is 13.7. The average molecular weight is 373 g/mol. The van der Waals surface area contributed by atoms with E-state index in [1.807, 2.05) is 0 Å². The first kappa shape index (κ1) is 17.5. The van der Waals surface area contributed by atoms with Crippen LogP contribution in [0.3, 0.4) is 0 Å². The van der Waals surface area contributed by atoms with Gasteiger partial charge in [-0.15, -0.1) is 11.3 Å². The second-order valence-corrected chi connectivity index (χ2v) is 6.00. The van der Waals surface area contributed by atoms with E-state index in [2.05, 4.69) is 25.7 Å². The number of aromatic nitrogens is 3. The lowest BCUT2D eigenvalue weighted by atomic mass is 10.1. The highest BCUT2D eigenvalue weighted by Gasteiger charge is 2.15. The van der Waals surface area contributed by atoms with Crippen LogP contribution in [0, 0.1) is 0 Å². The molecule has 3 aromatic rings. The molecule has 0 aliphatic carbocycles. The minimum atomic E-state index is -1.12. The summed E-state index contributed by atoms with van der Waals surface area (Å²) >= 11 is 1.30. The Morgan fingerprint density at radius 2 is 2.31 bits per heavy atom. The summed E-state index contributed by atoms with van der Waals surface area (Å²) < 4.78 is 4.88. The number of fused-ring (bicyclic) bond motifs is 1. The van der Waals surface area contributed by atoms with Crippen LogP contribution in [-0.4, -0.2) is 45.0 Å². The molecule has 0 amide bonds. The van der Waals surface area contributed by atoms with Gasteiger partial charge in [-0.2, -0.15) is 10.2 Å². The number of hydrogen-bond donors (Lipinski definition) is 3. The molecule has 0 bridgehead atoms. The number of carbonyl (C=O) groups is 2. The van der Waals surface area contributed by atoms with Crippen molar-refractivity contribution in [2.45, 2.75) is 13.3 Å². The highest BCUT2D eigenvalue weighted by Crippen LogP contribution is 2.20. The number of carboxylic acid groups (broad SMARTS) is 1. The van der Waals surface area contributed by atoms with Gasteiger partial charge in [0.15, 0.2) is 5.69 Å². The molecule has 26 heavy (non-hydrogen) atoms. The molecule has 0 fully saturated rings. The van der Waals surface area contributed by atoms with E-state index in [0.29, 0.717) is 33.9 Å². The molecule has 0 saturated heterocycles. The van der Waals surface area contributed by atoms with E-state index in [0.717, 1.165) is 0 Å². The molecule has 0 spiro atoms. The van der Waals surface area contributed by atoms with Gasteiger partial charge < -0.3 is 9.84 Å². The van der Waals surface area contributed by atoms with Crippen LogP contribution in [0.1, 0.15) is 28.7 Å². The maximum atomic E-state index is 11.4. The van der Waals surface area contributed by atoms with Gasteiger partial charge >= 0.3 is 11.9 Å². The monoisotopic (exact) mass is 373 g/mol. The molecule has 0 saturated carbocycles. The molecule has 0 aliphatic heterocycles. The van der Waals surface area contributed by atoms with Crippen molar-refractivity contribution in [1.82, 2.24) is 15.2 Å². The van der Waals surface area contributed by atoms with E-state index in [1.165, 1.54) is 17.6 Å². The summed E-state index contributed by atoms with van der Waals surface area (Å²) in [5.74, 6) is -1.45. The highest BCUT2D eigenvalue weighted by molar-refractivity contribution is 7.13. The van der Waals surface area contributed by atoms with Gasteiger partial charge in [-0.3, -0.25) is 15.3 Å². The van der Waals surface area contributed by atoms with Gasteiger partial charge in [0, 0.05) is 16.3 Å². The lowest BCUT2D eigenvalue weighted by Crippen LogP contribution is -2.07. The third kappa shape index (κ3) is 3.86. The first-order chi connectivity index (χ1) is 12.6. The Hall–Kier alpha value is -3.27. The Bertz CT molecular complexity index is 978. The van der Waals surface area contributed by atoms with Gasteiger partial charge in [-0.05, 0) is 13.0 Å². The van der Waals surface area contributed by atoms with Crippen LogP contribution >= 0.6 is 11.3 Å². The molecule has 10 heteroatoms. The number of anilines is 1. The number of rotatable bonds is 7. The molecule has 134 valence electrons. The summed E-state index contributed by atoms with van der Waals surface area (Å²) in [5.41, 5.74) is 4.51. The number of H-pyrrole nitrogens is 1. The smallest absolute Gasteiger partial charge is 0.357 e. The number of hydrogen-bond acceptors (Lipinski definition) is 8. The van der Waals surface area contributed by atoms with E-state index in [-0.39, 0.29) is 18.1 Å². The third-order valence-corrected chi connectivity index (χ3v) is 4.17. The molecule has 3 rings (SSSR count). The van der Waals surface area contributed by atoms with Crippen LogP contribution in [0.4, 0.5) is 5.13 Å². The number of aromatic amines is 1. The number of carbonyl (C=O) groups excluding carboxylic acids is 1. The molecule has 1 aromatic carbocycles. The van der Waals surface area contributed by atoms with Crippen molar-refractivity contribution in [3.63, 3.8) is 0 Å². The van der Waals surface area contributed by atoms with Crippen molar-refractivity contribution in [3.05, 3.63) is 40.5 Å². The molecule has 9 nitrogen and oxygen atoms in total. The highest BCUT2D eigenvalue weighted by atomic mass is 32.1. The molecule has 0 aliphatic rings. The van der Waals surface area contributed by atoms with Crippen molar-refractivity contribution in [2.75, 3.05) is 12.0 Å². The van der Waals surface area contributed by atoms with Crippen LogP contribution in [0.25, 0.3) is 10.9 Å². The van der Waals surface area contributed by atoms with Crippen LogP contribution in [0.5, 0.6) is 0 Å². The SMILES string of the molecule is CCOC(=O)Cc1csc(NN=Cc2cccc3[nH]nc(C(=O)O)c23)n1. The standard InChI is InChI=1S/C16H15N5O4S/c1-2-25-12(22)6-10-8-26-16(18-10)21-17-7-9-4-3-5-11-13(9)14(15(23)24)20-19-11/h3-5,7-8H,2,6H2,1H3,(H,18,21)(H,19,20)(H,23,24). The zero-order valence-corrected chi connectivity index (χ0v) is 14.5. The van der Waals surface area contributed by atoms with Crippen LogP contribution in [0.15, 0.2) is 28.7 Å². The average Bonchev–Trinajstić information content (AvgIpc) is 3.22. The number of ether oxygens (including phenoxy) is 1. The van der Waals surface area contributed by atoms with Gasteiger partial charge in [0.25, 0.3) is 0 Å². The molecular formula is C16H15N5O4S. The van der Waals surface area contributed by atoms with E-state index in [9.17, 15) is 14.7 Å². The lowest BCUT2D eigenvalue weighted by Gasteiger charge is -1.99. The Balaban J connectivity index is 1.72. The van der Waals surface area contributed by atoms with Crippen LogP contribution in [-0.2, 0) is 16.0 Å². The summed E-state index contributed by atoms with van der Waals surface area (Å²) in [6.07, 6.45) is 1.60. The maximum Gasteiger partial charge on any atom is 0.357 e. The fourth-order valence-electron chi connectivity index (χ4n) is 2.32. The summed E-state index contributed by atoms with van der Waals surface area (Å²) in [6, 6.07) is 5.25. The molecule has 3 N–H and O–H groups in total. The first-order valence-corrected chi connectivity index (χ1v) is 8.56. The molecule has 0 unspecified atom stereocenters. The topological polar surface area (TPSA) is 130 Å². The van der Waals surface area contributed by atoms with Gasteiger partial charge in [-0.25, -0.2) is 9.78 Å². The van der Waals surface area contributed by atoms with E-state index in [4.69, 9.17) is 4.74 Å². The number of thiazole rings is 1. The minimum absolute atomic E-state index is 0.0620. The van der Waals surface area contributed by atoms with Crippen LogP contribution < -0.4 is 5.43 Å². The summed E-state index contributed by atoms with van der Waals surface area (Å²) in [4.78, 5) is 27.0. The van der Waals surface area contributed by atoms with Gasteiger partial charge in [0.05, 0.1) is 30.5 Å². The normalized spacial score (nSPS) is 11.1. The van der Waals surface area contributed by atoms with Gasteiger partial charge in [0.2, 0.25) is 5.13 Å². The molecule has 0 atom stereocenters. The van der Waals surface area contributed by atoms with E-state index in [1.54, 1.807) is 30.5 Å². The molecular weight excluding hydrogens is 358 g/mol. The second-order valence-electron chi connectivity index (χ2n) is 5.14. The Labute approximate surface area is 151 Å². The van der Waals surface area contributed by atoms with E-state index >= 15 is 0 Å². The zero-order chi connectivity index (χ0) is 18.5. The number of carboxylic acids is 1. The second kappa shape index (κ2) is 7.74. The number of aromatic carboxylic acids is 1. The number of nitrogens with zero attached hydrogens (tertiary/aromatic N) is 3. The third-order valence-electron chi connectivity index (χ3n) is 3.37. The number of esters is 1. The van der Waals surface area contributed by atoms with Crippen molar-refractivity contribution >= 4 is 45.5 Å². The number of hydrazone groups is 1. The Kier molecular flexibility index (Phi) is 5.23. The van der Waals surface area contributed by atoms with Crippen molar-refractivity contribution in [3.8, 4) is 0 Å². The fourth-order valence-corrected chi connectivity index (χ4v) is 2.98. The largest absolute Gasteiger partial charge is 0.476 e. The van der Waals surface area contributed by atoms with Gasteiger partial charge in [0.1, 0.15) is 0 Å². The maximum absolute atomic E-state index is 11.4.